The smallest absolute Gasteiger partial charge is 0.208 e. The predicted molar refractivity (Wildman–Crippen MR) is 84.9 cm³/mol. The van der Waals surface area contributed by atoms with Crippen LogP contribution in [-0.4, -0.2) is 8.42 Å². The average Bonchev–Trinajstić information content (AvgIpc) is 2.93. The summed E-state index contributed by atoms with van der Waals surface area (Å²) in [6, 6.07) is 13.4. The van der Waals surface area contributed by atoms with E-state index in [1.807, 2.05) is 42.5 Å². The van der Waals surface area contributed by atoms with Gasteiger partial charge < -0.3 is 0 Å². The molecule has 0 radical (unpaired) electrons. The molecule has 0 atom stereocenters. The van der Waals surface area contributed by atoms with Crippen LogP contribution in [0.25, 0.3) is 6.08 Å². The molecule has 0 spiro atoms. The fourth-order valence-electron chi connectivity index (χ4n) is 1.66. The fraction of sp³-hybridized carbons (Fsp3) is 0.200. The van der Waals surface area contributed by atoms with Gasteiger partial charge in [-0.05, 0) is 30.2 Å². The Bertz CT molecular complexity index is 673. The van der Waals surface area contributed by atoms with Crippen LogP contribution in [0, 0.1) is 0 Å². The van der Waals surface area contributed by atoms with Gasteiger partial charge >= 0.3 is 0 Å². The maximum Gasteiger partial charge on any atom is 0.234 e. The molecule has 2 rings (SSSR count). The molecule has 0 amide bonds. The minimum Gasteiger partial charge on any atom is -0.208 e. The number of hydrogen-bond acceptors (Lipinski definition) is 3. The summed E-state index contributed by atoms with van der Waals surface area (Å²) in [6.45, 7) is 2.43. The van der Waals surface area contributed by atoms with Crippen molar-refractivity contribution in [1.29, 1.82) is 0 Å². The second-order valence-electron chi connectivity index (χ2n) is 4.30. The van der Waals surface area contributed by atoms with Crippen LogP contribution in [0.3, 0.4) is 0 Å². The van der Waals surface area contributed by atoms with Gasteiger partial charge in [-0.1, -0.05) is 37.3 Å². The maximum atomic E-state index is 11.9. The molecule has 106 valence electrons. The number of nitrogens with one attached hydrogen (secondary N) is 1. The molecule has 0 aliphatic carbocycles. The molecule has 0 aliphatic heterocycles. The van der Waals surface area contributed by atoms with E-state index in [1.165, 1.54) is 10.3 Å². The number of thiophene rings is 1. The summed E-state index contributed by atoms with van der Waals surface area (Å²) in [5, 5.41) is 1.21. The summed E-state index contributed by atoms with van der Waals surface area (Å²) in [5.74, 6) is 0. The molecule has 0 saturated carbocycles. The normalized spacial score (nSPS) is 12.1. The van der Waals surface area contributed by atoms with E-state index in [9.17, 15) is 8.42 Å². The highest BCUT2D eigenvalue weighted by Crippen LogP contribution is 2.16. The third kappa shape index (κ3) is 4.59. The van der Waals surface area contributed by atoms with Crippen LogP contribution >= 0.6 is 11.3 Å². The van der Waals surface area contributed by atoms with Crippen LogP contribution in [0.4, 0.5) is 0 Å². The van der Waals surface area contributed by atoms with Gasteiger partial charge in [0, 0.05) is 21.7 Å². The number of sulfonamides is 1. The van der Waals surface area contributed by atoms with E-state index in [1.54, 1.807) is 17.4 Å². The Kier molecular flexibility index (Phi) is 5.11. The van der Waals surface area contributed by atoms with Crippen molar-refractivity contribution < 1.29 is 8.42 Å². The summed E-state index contributed by atoms with van der Waals surface area (Å²) in [6.07, 6.45) is 2.57. The van der Waals surface area contributed by atoms with E-state index in [-0.39, 0.29) is 0 Å². The minimum absolute atomic E-state index is 0.339. The molecule has 1 aromatic heterocycles. The number of rotatable bonds is 6. The molecule has 0 saturated heterocycles. The lowest BCUT2D eigenvalue weighted by molar-refractivity contribution is 0.591. The largest absolute Gasteiger partial charge is 0.234 e. The molecule has 20 heavy (non-hydrogen) atoms. The van der Waals surface area contributed by atoms with Crippen molar-refractivity contribution in [2.45, 2.75) is 19.9 Å². The van der Waals surface area contributed by atoms with Gasteiger partial charge in [-0.2, -0.15) is 0 Å². The summed E-state index contributed by atoms with van der Waals surface area (Å²) in [4.78, 5) is 2.29. The third-order valence-corrected chi connectivity index (χ3v) is 5.02. The van der Waals surface area contributed by atoms with Gasteiger partial charge in [0.05, 0.1) is 0 Å². The standard InChI is InChI=1S/C15H17NO2S2/c1-2-14-8-9-15(19-14)12-16-20(17,18)11-10-13-6-4-3-5-7-13/h3-11,16H,2,12H2,1H3/b11-10+. The molecule has 0 unspecified atom stereocenters. The zero-order chi connectivity index (χ0) is 14.4. The second kappa shape index (κ2) is 6.83. The first-order valence-electron chi connectivity index (χ1n) is 6.39. The van der Waals surface area contributed by atoms with Gasteiger partial charge in [0.15, 0.2) is 0 Å². The molecule has 0 fully saturated rings. The lowest BCUT2D eigenvalue weighted by Crippen LogP contribution is -2.19. The molecule has 5 heteroatoms. The van der Waals surface area contributed by atoms with E-state index in [2.05, 4.69) is 11.6 Å². The van der Waals surface area contributed by atoms with Crippen LogP contribution in [0.15, 0.2) is 47.9 Å². The summed E-state index contributed by atoms with van der Waals surface area (Å²) in [5.41, 5.74) is 0.863. The molecular formula is C15H17NO2S2. The van der Waals surface area contributed by atoms with Gasteiger partial charge in [0.1, 0.15) is 0 Å². The Balaban J connectivity index is 1.96. The summed E-state index contributed by atoms with van der Waals surface area (Å²) in [7, 11) is -3.40. The molecule has 1 heterocycles. The van der Waals surface area contributed by atoms with Crippen molar-refractivity contribution in [2.24, 2.45) is 0 Å². The third-order valence-electron chi connectivity index (χ3n) is 2.75. The lowest BCUT2D eigenvalue weighted by Gasteiger charge is -2.00. The molecule has 0 bridgehead atoms. The van der Waals surface area contributed by atoms with Gasteiger partial charge in [-0.3, -0.25) is 0 Å². The first-order chi connectivity index (χ1) is 9.59. The molecular weight excluding hydrogens is 290 g/mol. The van der Waals surface area contributed by atoms with Crippen LogP contribution in [0.5, 0.6) is 0 Å². The summed E-state index contributed by atoms with van der Waals surface area (Å²) < 4.78 is 26.3. The first kappa shape index (κ1) is 15.0. The predicted octanol–water partition coefficient (Wildman–Crippen LogP) is 3.40. The Hall–Kier alpha value is -1.43. The topological polar surface area (TPSA) is 46.2 Å². The Morgan fingerprint density at radius 1 is 1.10 bits per heavy atom. The summed E-state index contributed by atoms with van der Waals surface area (Å²) >= 11 is 1.64. The van der Waals surface area contributed by atoms with E-state index in [0.717, 1.165) is 16.9 Å². The highest BCUT2D eigenvalue weighted by molar-refractivity contribution is 7.92. The van der Waals surface area contributed by atoms with Crippen LogP contribution in [-0.2, 0) is 23.0 Å². The van der Waals surface area contributed by atoms with Gasteiger partial charge in [-0.15, -0.1) is 11.3 Å². The average molecular weight is 307 g/mol. The van der Waals surface area contributed by atoms with Crippen molar-refractivity contribution in [3.63, 3.8) is 0 Å². The fourth-order valence-corrected chi connectivity index (χ4v) is 3.44. The van der Waals surface area contributed by atoms with Crippen molar-refractivity contribution in [3.05, 3.63) is 63.2 Å². The van der Waals surface area contributed by atoms with Crippen molar-refractivity contribution in [3.8, 4) is 0 Å². The van der Waals surface area contributed by atoms with E-state index < -0.39 is 10.0 Å². The minimum atomic E-state index is -3.40. The quantitative estimate of drug-likeness (QED) is 0.889. The zero-order valence-electron chi connectivity index (χ0n) is 11.2. The molecule has 2 aromatic rings. The van der Waals surface area contributed by atoms with Gasteiger partial charge in [0.25, 0.3) is 0 Å². The second-order valence-corrected chi connectivity index (χ2v) is 7.20. The highest BCUT2D eigenvalue weighted by Gasteiger charge is 2.06. The molecule has 1 aromatic carbocycles. The van der Waals surface area contributed by atoms with Crippen LogP contribution in [0.2, 0.25) is 0 Å². The molecule has 0 aliphatic rings. The highest BCUT2D eigenvalue weighted by atomic mass is 32.2. The zero-order valence-corrected chi connectivity index (χ0v) is 12.9. The number of aryl methyl sites for hydroxylation is 1. The van der Waals surface area contributed by atoms with Crippen molar-refractivity contribution in [2.75, 3.05) is 0 Å². The van der Waals surface area contributed by atoms with Crippen molar-refractivity contribution in [1.82, 2.24) is 4.72 Å². The maximum absolute atomic E-state index is 11.9. The van der Waals surface area contributed by atoms with E-state index in [4.69, 9.17) is 0 Å². The SMILES string of the molecule is CCc1ccc(CNS(=O)(=O)/C=C/c2ccccc2)s1. The lowest BCUT2D eigenvalue weighted by atomic mass is 10.2. The number of benzene rings is 1. The molecule has 3 nitrogen and oxygen atoms in total. The Labute approximate surface area is 124 Å². The van der Waals surface area contributed by atoms with E-state index in [0.29, 0.717) is 6.54 Å². The van der Waals surface area contributed by atoms with E-state index >= 15 is 0 Å². The Morgan fingerprint density at radius 3 is 2.45 bits per heavy atom. The number of hydrogen-bond donors (Lipinski definition) is 1. The first-order valence-corrected chi connectivity index (χ1v) is 8.76. The monoisotopic (exact) mass is 307 g/mol. The van der Waals surface area contributed by atoms with Gasteiger partial charge in [-0.25, -0.2) is 13.1 Å². The Morgan fingerprint density at radius 2 is 1.80 bits per heavy atom. The molecule has 1 N–H and O–H groups in total. The van der Waals surface area contributed by atoms with Gasteiger partial charge in [0.2, 0.25) is 10.0 Å². The van der Waals surface area contributed by atoms with Crippen LogP contribution in [0.1, 0.15) is 22.2 Å². The van der Waals surface area contributed by atoms with Crippen LogP contribution < -0.4 is 4.72 Å². The van der Waals surface area contributed by atoms with Crippen molar-refractivity contribution >= 4 is 27.4 Å².